The van der Waals surface area contributed by atoms with Crippen molar-refractivity contribution in [2.45, 2.75) is 45.2 Å². The van der Waals surface area contributed by atoms with E-state index in [1.165, 1.54) is 5.56 Å². The quantitative estimate of drug-likeness (QED) is 0.683. The normalized spacial score (nSPS) is 14.8. The summed E-state index contributed by atoms with van der Waals surface area (Å²) < 4.78 is 1.95. The van der Waals surface area contributed by atoms with Gasteiger partial charge in [-0.2, -0.15) is 5.10 Å². The SMILES string of the molecule is CC(C)c1c(C(=O)NC2CCN(c3ncccn3)CC2)cnn1Cc1ccccc1. The zero-order chi connectivity index (χ0) is 20.9. The molecule has 0 atom stereocenters. The van der Waals surface area contributed by atoms with E-state index >= 15 is 0 Å². The number of rotatable bonds is 6. The number of hydrogen-bond acceptors (Lipinski definition) is 5. The molecule has 7 heteroatoms. The second kappa shape index (κ2) is 9.07. The van der Waals surface area contributed by atoms with Crippen LogP contribution in [-0.4, -0.2) is 44.8 Å². The lowest BCUT2D eigenvalue weighted by Gasteiger charge is -2.32. The van der Waals surface area contributed by atoms with Gasteiger partial charge in [-0.25, -0.2) is 9.97 Å². The number of hydrogen-bond donors (Lipinski definition) is 1. The molecular formula is C23H28N6O. The summed E-state index contributed by atoms with van der Waals surface area (Å²) in [6.07, 6.45) is 6.98. The Morgan fingerprint density at radius 2 is 1.80 bits per heavy atom. The first kappa shape index (κ1) is 20.1. The molecule has 7 nitrogen and oxygen atoms in total. The third-order valence-corrected chi connectivity index (χ3v) is 5.51. The molecule has 0 radical (unpaired) electrons. The largest absolute Gasteiger partial charge is 0.349 e. The van der Waals surface area contributed by atoms with Gasteiger partial charge in [-0.3, -0.25) is 9.48 Å². The third kappa shape index (κ3) is 4.50. The van der Waals surface area contributed by atoms with Crippen LogP contribution in [-0.2, 0) is 6.54 Å². The second-order valence-electron chi connectivity index (χ2n) is 8.03. The van der Waals surface area contributed by atoms with Gasteiger partial charge in [0.25, 0.3) is 5.91 Å². The Morgan fingerprint density at radius 1 is 1.10 bits per heavy atom. The number of amides is 1. The van der Waals surface area contributed by atoms with E-state index in [0.29, 0.717) is 12.1 Å². The summed E-state index contributed by atoms with van der Waals surface area (Å²) in [5, 5.41) is 7.75. The predicted octanol–water partition coefficient (Wildman–Crippen LogP) is 3.24. The smallest absolute Gasteiger partial charge is 0.254 e. The van der Waals surface area contributed by atoms with Gasteiger partial charge in [-0.1, -0.05) is 44.2 Å². The minimum Gasteiger partial charge on any atom is -0.349 e. The molecule has 156 valence electrons. The molecule has 3 heterocycles. The molecule has 1 N–H and O–H groups in total. The van der Waals surface area contributed by atoms with Crippen molar-refractivity contribution in [3.8, 4) is 0 Å². The molecule has 0 aliphatic carbocycles. The highest BCUT2D eigenvalue weighted by Crippen LogP contribution is 2.22. The fourth-order valence-corrected chi connectivity index (χ4v) is 4.00. The van der Waals surface area contributed by atoms with Crippen molar-refractivity contribution in [1.29, 1.82) is 0 Å². The van der Waals surface area contributed by atoms with E-state index in [4.69, 9.17) is 0 Å². The average Bonchev–Trinajstić information content (AvgIpc) is 3.19. The first-order valence-corrected chi connectivity index (χ1v) is 10.5. The van der Waals surface area contributed by atoms with E-state index in [-0.39, 0.29) is 17.9 Å². The zero-order valence-electron chi connectivity index (χ0n) is 17.5. The van der Waals surface area contributed by atoms with Gasteiger partial charge in [0.05, 0.1) is 24.0 Å². The number of aromatic nitrogens is 4. The van der Waals surface area contributed by atoms with Crippen molar-refractivity contribution in [3.05, 3.63) is 71.8 Å². The zero-order valence-corrected chi connectivity index (χ0v) is 17.5. The number of piperidine rings is 1. The molecule has 1 saturated heterocycles. The molecule has 0 unspecified atom stereocenters. The minimum atomic E-state index is -0.0348. The Hall–Kier alpha value is -3.22. The molecule has 0 saturated carbocycles. The van der Waals surface area contributed by atoms with Gasteiger partial charge in [0.2, 0.25) is 5.95 Å². The van der Waals surface area contributed by atoms with E-state index < -0.39 is 0 Å². The van der Waals surface area contributed by atoms with Crippen LogP contribution in [0.5, 0.6) is 0 Å². The number of anilines is 1. The monoisotopic (exact) mass is 404 g/mol. The van der Waals surface area contributed by atoms with Gasteiger partial charge < -0.3 is 10.2 Å². The summed E-state index contributed by atoms with van der Waals surface area (Å²) in [6.45, 7) is 6.54. The maximum Gasteiger partial charge on any atom is 0.254 e. The number of benzene rings is 1. The number of nitrogens with zero attached hydrogens (tertiary/aromatic N) is 5. The third-order valence-electron chi connectivity index (χ3n) is 5.51. The van der Waals surface area contributed by atoms with Crippen LogP contribution in [0.25, 0.3) is 0 Å². The highest BCUT2D eigenvalue weighted by Gasteiger charge is 2.25. The summed E-state index contributed by atoms with van der Waals surface area (Å²) in [5.41, 5.74) is 2.83. The van der Waals surface area contributed by atoms with E-state index in [1.54, 1.807) is 18.6 Å². The first-order chi connectivity index (χ1) is 14.6. The first-order valence-electron chi connectivity index (χ1n) is 10.5. The van der Waals surface area contributed by atoms with Crippen LogP contribution in [0.2, 0.25) is 0 Å². The summed E-state index contributed by atoms with van der Waals surface area (Å²) >= 11 is 0. The van der Waals surface area contributed by atoms with E-state index in [2.05, 4.69) is 51.3 Å². The van der Waals surface area contributed by atoms with Crippen molar-refractivity contribution >= 4 is 11.9 Å². The maximum absolute atomic E-state index is 13.1. The van der Waals surface area contributed by atoms with Gasteiger partial charge in [0.15, 0.2) is 0 Å². The van der Waals surface area contributed by atoms with Crippen LogP contribution in [0.15, 0.2) is 55.0 Å². The Labute approximate surface area is 177 Å². The molecule has 0 bridgehead atoms. The van der Waals surface area contributed by atoms with Crippen LogP contribution in [0.4, 0.5) is 5.95 Å². The lowest BCUT2D eigenvalue weighted by Crippen LogP contribution is -2.45. The van der Waals surface area contributed by atoms with Gasteiger partial charge in [0, 0.05) is 31.5 Å². The molecule has 1 aromatic carbocycles. The lowest BCUT2D eigenvalue weighted by molar-refractivity contribution is 0.0929. The molecule has 1 aliphatic rings. The molecule has 4 rings (SSSR count). The van der Waals surface area contributed by atoms with Gasteiger partial charge >= 0.3 is 0 Å². The van der Waals surface area contributed by atoms with Crippen LogP contribution >= 0.6 is 0 Å². The van der Waals surface area contributed by atoms with Crippen LogP contribution in [0.1, 0.15) is 54.2 Å². The predicted molar refractivity (Wildman–Crippen MR) is 117 cm³/mol. The van der Waals surface area contributed by atoms with Crippen molar-refractivity contribution in [1.82, 2.24) is 25.1 Å². The molecule has 0 spiro atoms. The minimum absolute atomic E-state index is 0.0348. The summed E-state index contributed by atoms with van der Waals surface area (Å²) in [6, 6.07) is 12.2. The van der Waals surface area contributed by atoms with Gasteiger partial charge in [0.1, 0.15) is 0 Å². The molecule has 30 heavy (non-hydrogen) atoms. The summed E-state index contributed by atoms with van der Waals surface area (Å²) in [4.78, 5) is 23.9. The van der Waals surface area contributed by atoms with E-state index in [1.807, 2.05) is 28.9 Å². The summed E-state index contributed by atoms with van der Waals surface area (Å²) in [7, 11) is 0. The van der Waals surface area contributed by atoms with Crippen LogP contribution in [0, 0.1) is 0 Å². The molecule has 2 aromatic heterocycles. The van der Waals surface area contributed by atoms with Gasteiger partial charge in [-0.15, -0.1) is 0 Å². The Bertz CT molecular complexity index is 962. The average molecular weight is 405 g/mol. The highest BCUT2D eigenvalue weighted by atomic mass is 16.1. The van der Waals surface area contributed by atoms with Crippen molar-refractivity contribution < 1.29 is 4.79 Å². The Morgan fingerprint density at radius 3 is 2.47 bits per heavy atom. The number of carbonyl (C=O) groups excluding carboxylic acids is 1. The van der Waals surface area contributed by atoms with Gasteiger partial charge in [-0.05, 0) is 30.4 Å². The van der Waals surface area contributed by atoms with Crippen molar-refractivity contribution in [2.24, 2.45) is 0 Å². The Balaban J connectivity index is 1.41. The summed E-state index contributed by atoms with van der Waals surface area (Å²) in [5.74, 6) is 0.924. The van der Waals surface area contributed by atoms with Crippen molar-refractivity contribution in [2.75, 3.05) is 18.0 Å². The van der Waals surface area contributed by atoms with E-state index in [0.717, 1.165) is 37.6 Å². The molecule has 1 aliphatic heterocycles. The number of carbonyl (C=O) groups is 1. The van der Waals surface area contributed by atoms with Crippen LogP contribution in [0.3, 0.4) is 0 Å². The maximum atomic E-state index is 13.1. The lowest BCUT2D eigenvalue weighted by atomic mass is 10.0. The van der Waals surface area contributed by atoms with Crippen LogP contribution < -0.4 is 10.2 Å². The second-order valence-corrected chi connectivity index (χ2v) is 8.03. The standard InChI is InChI=1S/C23H28N6O/c1-17(2)21-20(15-26-29(21)16-18-7-4-3-5-8-18)22(30)27-19-9-13-28(14-10-19)23-24-11-6-12-25-23/h3-8,11-12,15,17,19H,9-10,13-14,16H2,1-2H3,(H,27,30). The number of nitrogens with one attached hydrogen (secondary N) is 1. The molecular weight excluding hydrogens is 376 g/mol. The van der Waals surface area contributed by atoms with Crippen molar-refractivity contribution in [3.63, 3.8) is 0 Å². The fourth-order valence-electron chi connectivity index (χ4n) is 4.00. The topological polar surface area (TPSA) is 75.9 Å². The molecule has 1 amide bonds. The Kier molecular flexibility index (Phi) is 6.07. The fraction of sp³-hybridized carbons (Fsp3) is 0.391. The molecule has 3 aromatic rings. The highest BCUT2D eigenvalue weighted by molar-refractivity contribution is 5.95. The molecule has 1 fully saturated rings. The van der Waals surface area contributed by atoms with E-state index in [9.17, 15) is 4.79 Å².